The van der Waals surface area contributed by atoms with Gasteiger partial charge in [-0.2, -0.15) is 0 Å². The van der Waals surface area contributed by atoms with Crippen molar-refractivity contribution in [1.29, 1.82) is 0 Å². The first-order valence-corrected chi connectivity index (χ1v) is 16.9. The summed E-state index contributed by atoms with van der Waals surface area (Å²) in [5, 5.41) is 3.81. The number of hydrogen-bond acceptors (Lipinski definition) is 4. The van der Waals surface area contributed by atoms with E-state index in [1.54, 1.807) is 30.3 Å². The Kier molecular flexibility index (Phi) is 11.7. The molecule has 10 heteroatoms. The fourth-order valence-electron chi connectivity index (χ4n) is 4.90. The van der Waals surface area contributed by atoms with E-state index in [2.05, 4.69) is 5.32 Å². The molecule has 45 heavy (non-hydrogen) atoms. The van der Waals surface area contributed by atoms with Gasteiger partial charge in [0.2, 0.25) is 11.8 Å². The highest BCUT2D eigenvalue weighted by molar-refractivity contribution is 7.92. The Morgan fingerprint density at radius 2 is 1.49 bits per heavy atom. The molecule has 4 aromatic carbocycles. The van der Waals surface area contributed by atoms with Crippen LogP contribution < -0.4 is 9.62 Å². The predicted molar refractivity (Wildman–Crippen MR) is 181 cm³/mol. The van der Waals surface area contributed by atoms with Crippen molar-refractivity contribution in [3.63, 3.8) is 0 Å². The second-order valence-electron chi connectivity index (χ2n) is 10.9. The second-order valence-corrected chi connectivity index (χ2v) is 13.6. The number of hydrogen-bond donors (Lipinski definition) is 1. The van der Waals surface area contributed by atoms with Crippen molar-refractivity contribution in [2.45, 2.75) is 51.1 Å². The molecule has 1 atom stereocenters. The summed E-state index contributed by atoms with van der Waals surface area (Å²) < 4.78 is 29.4. The molecule has 0 radical (unpaired) electrons. The van der Waals surface area contributed by atoms with E-state index in [1.165, 1.54) is 29.2 Å². The highest BCUT2D eigenvalue weighted by Crippen LogP contribution is 2.28. The molecule has 0 unspecified atom stereocenters. The topological polar surface area (TPSA) is 86.8 Å². The smallest absolute Gasteiger partial charge is 0.264 e. The number of benzene rings is 4. The van der Waals surface area contributed by atoms with Crippen molar-refractivity contribution in [2.24, 2.45) is 0 Å². The van der Waals surface area contributed by atoms with Gasteiger partial charge in [-0.05, 0) is 91.1 Å². The van der Waals surface area contributed by atoms with Gasteiger partial charge in [-0.3, -0.25) is 13.9 Å². The van der Waals surface area contributed by atoms with Crippen LogP contribution in [0.1, 0.15) is 35.6 Å². The first-order valence-electron chi connectivity index (χ1n) is 14.7. The third-order valence-electron chi connectivity index (χ3n) is 7.52. The molecule has 0 aliphatic heterocycles. The predicted octanol–water partition coefficient (Wildman–Crippen LogP) is 6.97. The number of sulfonamides is 1. The monoisotopic (exact) mass is 665 g/mol. The number of rotatable bonds is 13. The van der Waals surface area contributed by atoms with E-state index < -0.39 is 28.5 Å². The van der Waals surface area contributed by atoms with Gasteiger partial charge in [0.25, 0.3) is 10.0 Å². The van der Waals surface area contributed by atoms with Crippen LogP contribution in [0.15, 0.2) is 102 Å². The summed E-state index contributed by atoms with van der Waals surface area (Å²) in [7, 11) is -4.22. The Morgan fingerprint density at radius 3 is 2.13 bits per heavy atom. The Hall–Kier alpha value is -3.85. The molecule has 4 rings (SSSR count). The van der Waals surface area contributed by atoms with Crippen molar-refractivity contribution < 1.29 is 18.0 Å². The largest absolute Gasteiger partial charge is 0.354 e. The van der Waals surface area contributed by atoms with Crippen LogP contribution in [-0.2, 0) is 32.6 Å². The first-order chi connectivity index (χ1) is 21.5. The average molecular weight is 667 g/mol. The maximum atomic E-state index is 14.5. The summed E-state index contributed by atoms with van der Waals surface area (Å²) in [6.07, 6.45) is 0.947. The highest BCUT2D eigenvalue weighted by atomic mass is 35.5. The van der Waals surface area contributed by atoms with Crippen LogP contribution in [0, 0.1) is 13.8 Å². The molecule has 236 valence electrons. The number of nitrogens with one attached hydrogen (secondary N) is 1. The van der Waals surface area contributed by atoms with Crippen molar-refractivity contribution in [3.05, 3.63) is 129 Å². The normalized spacial score (nSPS) is 11.9. The van der Waals surface area contributed by atoms with Crippen LogP contribution in [-0.4, -0.2) is 44.3 Å². The number of carbonyl (C=O) groups excluding carboxylic acids is 2. The fourth-order valence-corrected chi connectivity index (χ4v) is 6.64. The lowest BCUT2D eigenvalue weighted by Gasteiger charge is -2.34. The highest BCUT2D eigenvalue weighted by Gasteiger charge is 2.34. The van der Waals surface area contributed by atoms with Gasteiger partial charge in [-0.25, -0.2) is 8.42 Å². The van der Waals surface area contributed by atoms with E-state index in [0.717, 1.165) is 21.0 Å². The van der Waals surface area contributed by atoms with E-state index in [-0.39, 0.29) is 23.8 Å². The summed E-state index contributed by atoms with van der Waals surface area (Å²) in [6, 6.07) is 26.6. The van der Waals surface area contributed by atoms with Gasteiger partial charge in [0.1, 0.15) is 12.6 Å². The van der Waals surface area contributed by atoms with Gasteiger partial charge in [0, 0.05) is 29.6 Å². The minimum absolute atomic E-state index is 0.0131. The van der Waals surface area contributed by atoms with Gasteiger partial charge >= 0.3 is 0 Å². The zero-order chi connectivity index (χ0) is 32.6. The Balaban J connectivity index is 1.81. The van der Waals surface area contributed by atoms with E-state index in [9.17, 15) is 18.0 Å². The number of carbonyl (C=O) groups is 2. The molecular weight excluding hydrogens is 629 g/mol. The maximum Gasteiger partial charge on any atom is 0.264 e. The van der Waals surface area contributed by atoms with Crippen LogP contribution in [0.3, 0.4) is 0 Å². The van der Waals surface area contributed by atoms with Gasteiger partial charge in [0.05, 0.1) is 10.6 Å². The summed E-state index contributed by atoms with van der Waals surface area (Å²) in [6.45, 7) is 5.69. The van der Waals surface area contributed by atoms with Gasteiger partial charge in [-0.15, -0.1) is 0 Å². The molecule has 7 nitrogen and oxygen atoms in total. The molecule has 4 aromatic rings. The fraction of sp³-hybridized carbons (Fsp3) is 0.257. The number of amides is 2. The lowest BCUT2D eigenvalue weighted by molar-refractivity contribution is -0.140. The molecule has 0 aromatic heterocycles. The number of halogens is 2. The van der Waals surface area contributed by atoms with E-state index in [4.69, 9.17) is 23.2 Å². The molecule has 1 N–H and O–H groups in total. The van der Waals surface area contributed by atoms with Crippen LogP contribution in [0.5, 0.6) is 0 Å². The summed E-state index contributed by atoms with van der Waals surface area (Å²) in [4.78, 5) is 29.7. The van der Waals surface area contributed by atoms with Crippen LogP contribution in [0.2, 0.25) is 10.0 Å². The summed E-state index contributed by atoms with van der Waals surface area (Å²) in [5.74, 6) is -0.868. The van der Waals surface area contributed by atoms with Gasteiger partial charge < -0.3 is 10.2 Å². The average Bonchev–Trinajstić information content (AvgIpc) is 3.02. The molecular formula is C35H37Cl2N3O4S. The van der Waals surface area contributed by atoms with E-state index >= 15 is 0 Å². The Morgan fingerprint density at radius 1 is 0.800 bits per heavy atom. The standard InChI is InChI=1S/C35H37Cl2N3O4S/c1-4-19-38-35(42)33(22-27-9-6-5-7-10-27)39(23-28-11-8-12-30(37)21-28)34(41)24-40(31-16-13-25(2)26(3)20-31)45(43,44)32-17-14-29(36)15-18-32/h5-18,20-21,33H,4,19,22-24H2,1-3H3,(H,38,42)/t33-/m1/s1. The molecule has 0 aliphatic rings. The number of aryl methyl sites for hydroxylation is 2. The van der Waals surface area contributed by atoms with Crippen molar-refractivity contribution in [3.8, 4) is 0 Å². The number of anilines is 1. The van der Waals surface area contributed by atoms with E-state index in [1.807, 2.05) is 63.2 Å². The first kappa shape index (κ1) is 34.0. The SMILES string of the molecule is CCCNC(=O)[C@@H](Cc1ccccc1)N(Cc1cccc(Cl)c1)C(=O)CN(c1ccc(C)c(C)c1)S(=O)(=O)c1ccc(Cl)cc1. The Bertz CT molecular complexity index is 1730. The molecule has 0 saturated carbocycles. The second kappa shape index (κ2) is 15.4. The Labute approximate surface area is 275 Å². The molecule has 0 bridgehead atoms. The third-order valence-corrected chi connectivity index (χ3v) is 9.80. The minimum atomic E-state index is -4.22. The van der Waals surface area contributed by atoms with Crippen LogP contribution in [0.25, 0.3) is 0 Å². The molecule has 0 heterocycles. The quantitative estimate of drug-likeness (QED) is 0.167. The van der Waals surface area contributed by atoms with Crippen LogP contribution in [0.4, 0.5) is 5.69 Å². The molecule has 0 aliphatic carbocycles. The summed E-state index contributed by atoms with van der Waals surface area (Å²) in [5.41, 5.74) is 3.74. The molecule has 0 saturated heterocycles. The lowest BCUT2D eigenvalue weighted by Crippen LogP contribution is -2.53. The molecule has 0 fully saturated rings. The zero-order valence-corrected chi connectivity index (χ0v) is 27.9. The van der Waals surface area contributed by atoms with Crippen molar-refractivity contribution >= 4 is 50.7 Å². The molecule has 0 spiro atoms. The molecule has 2 amide bonds. The van der Waals surface area contributed by atoms with Crippen molar-refractivity contribution in [1.82, 2.24) is 10.2 Å². The zero-order valence-electron chi connectivity index (χ0n) is 25.5. The lowest BCUT2D eigenvalue weighted by atomic mass is 10.0. The van der Waals surface area contributed by atoms with Gasteiger partial charge in [0.15, 0.2) is 0 Å². The maximum absolute atomic E-state index is 14.5. The van der Waals surface area contributed by atoms with Crippen LogP contribution >= 0.6 is 23.2 Å². The van der Waals surface area contributed by atoms with Crippen molar-refractivity contribution in [2.75, 3.05) is 17.4 Å². The summed E-state index contributed by atoms with van der Waals surface area (Å²) >= 11 is 12.4. The van der Waals surface area contributed by atoms with E-state index in [0.29, 0.717) is 34.3 Å². The van der Waals surface area contributed by atoms with Gasteiger partial charge in [-0.1, -0.05) is 78.7 Å². The third kappa shape index (κ3) is 8.87. The number of nitrogens with zero attached hydrogens (tertiary/aromatic N) is 2. The minimum Gasteiger partial charge on any atom is -0.354 e.